The molecule has 1 aromatic rings. The number of rotatable bonds is 5. The van der Waals surface area contributed by atoms with Crippen molar-refractivity contribution >= 4 is 17.2 Å². The molecule has 2 heterocycles. The van der Waals surface area contributed by atoms with E-state index in [0.29, 0.717) is 12.5 Å². The van der Waals surface area contributed by atoms with Gasteiger partial charge >= 0.3 is 0 Å². The molecule has 0 aliphatic carbocycles. The van der Waals surface area contributed by atoms with Crippen molar-refractivity contribution in [1.29, 1.82) is 0 Å². The fraction of sp³-hybridized carbons (Fsp3) is 0.688. The summed E-state index contributed by atoms with van der Waals surface area (Å²) in [5, 5.41) is 14.4. The number of hydrogen-bond donors (Lipinski definition) is 2. The fourth-order valence-electron chi connectivity index (χ4n) is 2.79. The van der Waals surface area contributed by atoms with Gasteiger partial charge in [0.1, 0.15) is 0 Å². The maximum absolute atomic E-state index is 12.3. The van der Waals surface area contributed by atoms with Crippen molar-refractivity contribution in [1.82, 2.24) is 10.2 Å². The van der Waals surface area contributed by atoms with Crippen LogP contribution in [0.2, 0.25) is 0 Å². The van der Waals surface area contributed by atoms with Crippen molar-refractivity contribution in [3.63, 3.8) is 0 Å². The number of carbonyl (C=O) groups excluding carboxylic acids is 1. The van der Waals surface area contributed by atoms with Crippen LogP contribution in [-0.2, 0) is 4.79 Å². The van der Waals surface area contributed by atoms with E-state index in [-0.39, 0.29) is 24.0 Å². The smallest absolute Gasteiger partial charge is 0.234 e. The largest absolute Gasteiger partial charge is 0.396 e. The minimum atomic E-state index is -0.0147. The molecule has 2 unspecified atom stereocenters. The lowest BCUT2D eigenvalue weighted by Crippen LogP contribution is -2.41. The third-order valence-electron chi connectivity index (χ3n) is 3.99. The number of aliphatic hydroxyl groups excluding tert-OH is 1. The van der Waals surface area contributed by atoms with Crippen LogP contribution in [0.1, 0.15) is 38.1 Å². The van der Waals surface area contributed by atoms with Gasteiger partial charge in [-0.1, -0.05) is 26.8 Å². The van der Waals surface area contributed by atoms with E-state index < -0.39 is 0 Å². The monoisotopic (exact) mass is 310 g/mol. The number of amides is 1. The Labute approximate surface area is 131 Å². The SMILES string of the molecule is CC(C)(C)C(NC(=O)CN1CCC(CO)C1)c1cccs1. The Morgan fingerprint density at radius 1 is 1.57 bits per heavy atom. The molecule has 21 heavy (non-hydrogen) atoms. The molecule has 1 aromatic heterocycles. The first-order chi connectivity index (χ1) is 9.90. The maximum atomic E-state index is 12.3. The minimum absolute atomic E-state index is 0.0147. The van der Waals surface area contributed by atoms with E-state index in [4.69, 9.17) is 5.11 Å². The summed E-state index contributed by atoms with van der Waals surface area (Å²) in [5.41, 5.74) is -0.0147. The molecule has 1 amide bonds. The van der Waals surface area contributed by atoms with Gasteiger partial charge in [0.15, 0.2) is 0 Å². The van der Waals surface area contributed by atoms with Crippen LogP contribution in [0.5, 0.6) is 0 Å². The highest BCUT2D eigenvalue weighted by Gasteiger charge is 2.30. The molecule has 2 rings (SSSR count). The zero-order valence-electron chi connectivity index (χ0n) is 13.1. The molecule has 2 N–H and O–H groups in total. The molecule has 1 saturated heterocycles. The summed E-state index contributed by atoms with van der Waals surface area (Å²) in [7, 11) is 0. The third-order valence-corrected chi connectivity index (χ3v) is 4.93. The normalized spacial score (nSPS) is 21.4. The summed E-state index contributed by atoms with van der Waals surface area (Å²) >= 11 is 1.69. The Hall–Kier alpha value is -0.910. The molecule has 1 aliphatic heterocycles. The second-order valence-electron chi connectivity index (χ2n) is 6.95. The first-order valence-corrected chi connectivity index (χ1v) is 8.44. The highest BCUT2D eigenvalue weighted by molar-refractivity contribution is 7.10. The van der Waals surface area contributed by atoms with Crippen LogP contribution < -0.4 is 5.32 Å². The molecule has 1 fully saturated rings. The summed E-state index contributed by atoms with van der Waals surface area (Å²) in [6.07, 6.45) is 0.984. The Morgan fingerprint density at radius 3 is 2.86 bits per heavy atom. The predicted molar refractivity (Wildman–Crippen MR) is 86.3 cm³/mol. The first kappa shape index (κ1) is 16.5. The van der Waals surface area contributed by atoms with Gasteiger partial charge in [-0.15, -0.1) is 11.3 Å². The van der Waals surface area contributed by atoms with E-state index in [1.807, 2.05) is 11.4 Å². The van der Waals surface area contributed by atoms with E-state index in [0.717, 1.165) is 19.5 Å². The van der Waals surface area contributed by atoms with Crippen LogP contribution in [0.3, 0.4) is 0 Å². The van der Waals surface area contributed by atoms with Gasteiger partial charge in [0, 0.05) is 18.0 Å². The van der Waals surface area contributed by atoms with Crippen LogP contribution in [0.15, 0.2) is 17.5 Å². The lowest BCUT2D eigenvalue weighted by atomic mass is 9.85. The van der Waals surface area contributed by atoms with Crippen molar-refractivity contribution in [2.75, 3.05) is 26.2 Å². The summed E-state index contributed by atoms with van der Waals surface area (Å²) in [5.74, 6) is 0.399. The van der Waals surface area contributed by atoms with E-state index >= 15 is 0 Å². The summed E-state index contributed by atoms with van der Waals surface area (Å²) in [6, 6.07) is 4.15. The fourth-order valence-corrected chi connectivity index (χ4v) is 3.81. The highest BCUT2D eigenvalue weighted by Crippen LogP contribution is 2.35. The van der Waals surface area contributed by atoms with Crippen molar-refractivity contribution in [3.8, 4) is 0 Å². The van der Waals surface area contributed by atoms with Crippen LogP contribution >= 0.6 is 11.3 Å². The van der Waals surface area contributed by atoms with E-state index in [9.17, 15) is 4.79 Å². The standard InChI is InChI=1S/C16H26N2O2S/c1-16(2,3)15(13-5-4-8-21-13)17-14(20)10-18-7-6-12(9-18)11-19/h4-5,8,12,15,19H,6-7,9-11H2,1-3H3,(H,17,20). The molecule has 118 valence electrons. The summed E-state index contributed by atoms with van der Waals surface area (Å²) in [6.45, 7) is 8.81. The lowest BCUT2D eigenvalue weighted by molar-refractivity contribution is -0.123. The number of nitrogens with zero attached hydrogens (tertiary/aromatic N) is 1. The maximum Gasteiger partial charge on any atom is 0.234 e. The number of thiophene rings is 1. The van der Waals surface area contributed by atoms with Gasteiger partial charge in [-0.05, 0) is 35.7 Å². The number of aliphatic hydroxyl groups is 1. The highest BCUT2D eigenvalue weighted by atomic mass is 32.1. The minimum Gasteiger partial charge on any atom is -0.396 e. The van der Waals surface area contributed by atoms with Crippen LogP contribution in [0.4, 0.5) is 0 Å². The Kier molecular flexibility index (Phi) is 5.41. The predicted octanol–water partition coefficient (Wildman–Crippen LogP) is 2.27. The number of nitrogens with one attached hydrogen (secondary N) is 1. The van der Waals surface area contributed by atoms with Gasteiger partial charge in [0.05, 0.1) is 12.6 Å². The number of carbonyl (C=O) groups is 1. The Bertz CT molecular complexity index is 453. The molecule has 4 nitrogen and oxygen atoms in total. The third kappa shape index (κ3) is 4.53. The van der Waals surface area contributed by atoms with E-state index in [2.05, 4.69) is 37.1 Å². The second-order valence-corrected chi connectivity index (χ2v) is 7.93. The zero-order valence-corrected chi connectivity index (χ0v) is 13.9. The van der Waals surface area contributed by atoms with Gasteiger partial charge in [0.2, 0.25) is 5.91 Å². The van der Waals surface area contributed by atoms with Gasteiger partial charge in [0.25, 0.3) is 0 Å². The average Bonchev–Trinajstić information content (AvgIpc) is 3.05. The first-order valence-electron chi connectivity index (χ1n) is 7.56. The molecular formula is C16H26N2O2S. The van der Waals surface area contributed by atoms with Crippen LogP contribution in [0.25, 0.3) is 0 Å². The molecule has 5 heteroatoms. The topological polar surface area (TPSA) is 52.6 Å². The van der Waals surface area contributed by atoms with Crippen LogP contribution in [-0.4, -0.2) is 42.2 Å². The molecular weight excluding hydrogens is 284 g/mol. The summed E-state index contributed by atoms with van der Waals surface area (Å²) < 4.78 is 0. The molecule has 0 aromatic carbocycles. The average molecular weight is 310 g/mol. The molecule has 0 bridgehead atoms. The quantitative estimate of drug-likeness (QED) is 0.877. The Balaban J connectivity index is 1.93. The van der Waals surface area contributed by atoms with Crippen molar-refractivity contribution in [2.24, 2.45) is 11.3 Å². The van der Waals surface area contributed by atoms with E-state index in [1.54, 1.807) is 11.3 Å². The van der Waals surface area contributed by atoms with Gasteiger partial charge in [-0.3, -0.25) is 9.69 Å². The second kappa shape index (κ2) is 6.90. The van der Waals surface area contributed by atoms with Gasteiger partial charge < -0.3 is 10.4 Å². The molecule has 2 atom stereocenters. The van der Waals surface area contributed by atoms with Crippen LogP contribution in [0, 0.1) is 11.3 Å². The number of hydrogen-bond acceptors (Lipinski definition) is 4. The van der Waals surface area contributed by atoms with Crippen molar-refractivity contribution in [2.45, 2.75) is 33.2 Å². The van der Waals surface area contributed by atoms with Gasteiger partial charge in [-0.2, -0.15) is 0 Å². The summed E-state index contributed by atoms with van der Waals surface area (Å²) in [4.78, 5) is 15.7. The van der Waals surface area contributed by atoms with E-state index in [1.165, 1.54) is 4.88 Å². The molecule has 0 spiro atoms. The van der Waals surface area contributed by atoms with Crippen molar-refractivity contribution in [3.05, 3.63) is 22.4 Å². The molecule has 1 aliphatic rings. The zero-order chi connectivity index (χ0) is 15.5. The Morgan fingerprint density at radius 2 is 2.33 bits per heavy atom. The lowest BCUT2D eigenvalue weighted by Gasteiger charge is -2.31. The van der Waals surface area contributed by atoms with Gasteiger partial charge in [-0.25, -0.2) is 0 Å². The molecule has 0 radical (unpaired) electrons. The number of likely N-dealkylation sites (tertiary alicyclic amines) is 1. The molecule has 0 saturated carbocycles. The van der Waals surface area contributed by atoms with Crippen molar-refractivity contribution < 1.29 is 9.90 Å².